The van der Waals surface area contributed by atoms with E-state index in [1.54, 1.807) is 24.3 Å². The molecule has 1 fully saturated rings. The second-order valence-electron chi connectivity index (χ2n) is 6.44. The van der Waals surface area contributed by atoms with Gasteiger partial charge in [-0.05, 0) is 47.4 Å². The lowest BCUT2D eigenvalue weighted by Gasteiger charge is -2.26. The number of methoxy groups -OCH3 is 1. The third kappa shape index (κ3) is 5.78. The molecule has 5 heteroatoms. The van der Waals surface area contributed by atoms with Gasteiger partial charge in [-0.25, -0.2) is 4.79 Å². The Morgan fingerprint density at radius 3 is 2.46 bits per heavy atom. The molecular weight excluding hydrogens is 357 g/mol. The SMILES string of the molecule is COC(=O)c1ccc(C#CC(F)=Cc2ccc(CN3CCOCC3)cc2)cc1. The van der Waals surface area contributed by atoms with Gasteiger partial charge in [-0.15, -0.1) is 0 Å². The van der Waals surface area contributed by atoms with Crippen molar-refractivity contribution in [1.82, 2.24) is 4.90 Å². The Morgan fingerprint density at radius 1 is 1.14 bits per heavy atom. The summed E-state index contributed by atoms with van der Waals surface area (Å²) in [6, 6.07) is 14.3. The third-order valence-corrected chi connectivity index (χ3v) is 4.42. The van der Waals surface area contributed by atoms with Crippen LogP contribution in [0.1, 0.15) is 27.0 Å². The number of hydrogen-bond acceptors (Lipinski definition) is 4. The van der Waals surface area contributed by atoms with Crippen LogP contribution in [0.3, 0.4) is 0 Å². The molecule has 0 radical (unpaired) electrons. The van der Waals surface area contributed by atoms with Gasteiger partial charge in [0.15, 0.2) is 5.83 Å². The first-order valence-electron chi connectivity index (χ1n) is 9.11. The highest BCUT2D eigenvalue weighted by molar-refractivity contribution is 5.89. The van der Waals surface area contributed by atoms with Gasteiger partial charge in [0.05, 0.1) is 25.9 Å². The first-order chi connectivity index (χ1) is 13.6. The van der Waals surface area contributed by atoms with Crippen LogP contribution in [0.5, 0.6) is 0 Å². The Bertz CT molecular complexity index is 886. The summed E-state index contributed by atoms with van der Waals surface area (Å²) in [5.74, 6) is 4.32. The monoisotopic (exact) mass is 379 g/mol. The zero-order valence-electron chi connectivity index (χ0n) is 15.8. The first kappa shape index (κ1) is 19.8. The predicted octanol–water partition coefficient (Wildman–Crippen LogP) is 3.67. The summed E-state index contributed by atoms with van der Waals surface area (Å²) in [6.07, 6.45) is 1.41. The van der Waals surface area contributed by atoms with E-state index in [9.17, 15) is 9.18 Å². The summed E-state index contributed by atoms with van der Waals surface area (Å²) >= 11 is 0. The van der Waals surface area contributed by atoms with Crippen molar-refractivity contribution >= 4 is 12.0 Å². The summed E-state index contributed by atoms with van der Waals surface area (Å²) in [7, 11) is 1.32. The van der Waals surface area contributed by atoms with E-state index < -0.39 is 11.8 Å². The number of hydrogen-bond donors (Lipinski definition) is 0. The van der Waals surface area contributed by atoms with Gasteiger partial charge in [0.1, 0.15) is 0 Å². The van der Waals surface area contributed by atoms with Crippen molar-refractivity contribution in [3.05, 3.63) is 76.6 Å². The van der Waals surface area contributed by atoms with Gasteiger partial charge >= 0.3 is 5.97 Å². The van der Waals surface area contributed by atoms with Crippen molar-refractivity contribution in [2.45, 2.75) is 6.54 Å². The molecule has 1 aliphatic heterocycles. The van der Waals surface area contributed by atoms with E-state index in [2.05, 4.69) is 21.5 Å². The summed E-state index contributed by atoms with van der Waals surface area (Å²) in [5, 5.41) is 0. The second-order valence-corrected chi connectivity index (χ2v) is 6.44. The number of esters is 1. The largest absolute Gasteiger partial charge is 0.465 e. The zero-order chi connectivity index (χ0) is 19.8. The maximum atomic E-state index is 14.1. The number of ether oxygens (including phenoxy) is 2. The van der Waals surface area contributed by atoms with Crippen LogP contribution in [0.2, 0.25) is 0 Å². The highest BCUT2D eigenvalue weighted by Gasteiger charge is 2.10. The van der Waals surface area contributed by atoms with Gasteiger partial charge in [-0.2, -0.15) is 4.39 Å². The van der Waals surface area contributed by atoms with Crippen LogP contribution in [0, 0.1) is 11.8 Å². The van der Waals surface area contributed by atoms with Gasteiger partial charge in [0, 0.05) is 25.2 Å². The molecule has 4 nitrogen and oxygen atoms in total. The molecule has 3 rings (SSSR count). The average molecular weight is 379 g/mol. The summed E-state index contributed by atoms with van der Waals surface area (Å²) in [4.78, 5) is 13.7. The molecule has 0 atom stereocenters. The van der Waals surface area contributed by atoms with Gasteiger partial charge in [0.25, 0.3) is 0 Å². The molecule has 0 unspecified atom stereocenters. The zero-order valence-corrected chi connectivity index (χ0v) is 15.8. The molecule has 2 aromatic rings. The molecule has 144 valence electrons. The first-order valence-corrected chi connectivity index (χ1v) is 9.11. The van der Waals surface area contributed by atoms with Gasteiger partial charge < -0.3 is 9.47 Å². The molecule has 1 heterocycles. The molecule has 1 saturated heterocycles. The number of rotatable bonds is 4. The maximum Gasteiger partial charge on any atom is 0.337 e. The molecule has 1 aliphatic rings. The van der Waals surface area contributed by atoms with E-state index in [0.717, 1.165) is 38.4 Å². The average Bonchev–Trinajstić information content (AvgIpc) is 2.74. The fourth-order valence-corrected chi connectivity index (χ4v) is 2.86. The molecular formula is C23H22FNO3. The maximum absolute atomic E-state index is 14.1. The van der Waals surface area contributed by atoms with Crippen LogP contribution < -0.4 is 0 Å². The Balaban J connectivity index is 1.60. The van der Waals surface area contributed by atoms with Crippen LogP contribution >= 0.6 is 0 Å². The van der Waals surface area contributed by atoms with Crippen LogP contribution in [0.4, 0.5) is 4.39 Å². The highest BCUT2D eigenvalue weighted by atomic mass is 19.1. The van der Waals surface area contributed by atoms with Crippen LogP contribution in [-0.4, -0.2) is 44.3 Å². The minimum Gasteiger partial charge on any atom is -0.465 e. The lowest BCUT2D eigenvalue weighted by Crippen LogP contribution is -2.35. The van der Waals surface area contributed by atoms with E-state index >= 15 is 0 Å². The molecule has 0 saturated carbocycles. The molecule has 0 aromatic heterocycles. The second kappa shape index (κ2) is 9.84. The smallest absolute Gasteiger partial charge is 0.337 e. The van der Waals surface area contributed by atoms with Gasteiger partial charge in [0.2, 0.25) is 0 Å². The summed E-state index contributed by atoms with van der Waals surface area (Å²) in [6.45, 7) is 4.29. The number of carbonyl (C=O) groups excluding carboxylic acids is 1. The predicted molar refractivity (Wildman–Crippen MR) is 106 cm³/mol. The Labute approximate surface area is 164 Å². The molecule has 0 amide bonds. The van der Waals surface area contributed by atoms with E-state index in [0.29, 0.717) is 11.1 Å². The highest BCUT2D eigenvalue weighted by Crippen LogP contribution is 2.12. The molecule has 0 bridgehead atoms. The number of nitrogens with zero attached hydrogens (tertiary/aromatic N) is 1. The number of halogens is 1. The van der Waals surface area contributed by atoms with Gasteiger partial charge in [-0.1, -0.05) is 30.2 Å². The number of allylic oxidation sites excluding steroid dienone is 1. The van der Waals surface area contributed by atoms with Crippen LogP contribution in [0.15, 0.2) is 54.4 Å². The normalized spacial score (nSPS) is 14.9. The summed E-state index contributed by atoms with van der Waals surface area (Å²) in [5.41, 5.74) is 3.01. The van der Waals surface area contributed by atoms with Crippen molar-refractivity contribution in [3.8, 4) is 11.8 Å². The fraction of sp³-hybridized carbons (Fsp3) is 0.261. The minimum absolute atomic E-state index is 0.414. The Morgan fingerprint density at radius 2 is 1.82 bits per heavy atom. The van der Waals surface area contributed by atoms with E-state index in [-0.39, 0.29) is 0 Å². The molecule has 0 N–H and O–H groups in total. The lowest BCUT2D eigenvalue weighted by molar-refractivity contribution is 0.0342. The van der Waals surface area contributed by atoms with Crippen LogP contribution in [0.25, 0.3) is 6.08 Å². The Hall–Kier alpha value is -2.94. The van der Waals surface area contributed by atoms with E-state index in [1.807, 2.05) is 24.3 Å². The number of carbonyl (C=O) groups is 1. The van der Waals surface area contributed by atoms with Crippen molar-refractivity contribution in [2.24, 2.45) is 0 Å². The van der Waals surface area contributed by atoms with Crippen molar-refractivity contribution < 1.29 is 18.7 Å². The topological polar surface area (TPSA) is 38.8 Å². The molecule has 2 aromatic carbocycles. The molecule has 28 heavy (non-hydrogen) atoms. The Kier molecular flexibility index (Phi) is 6.96. The molecule has 0 aliphatic carbocycles. The van der Waals surface area contributed by atoms with E-state index in [4.69, 9.17) is 4.74 Å². The van der Waals surface area contributed by atoms with Crippen molar-refractivity contribution in [2.75, 3.05) is 33.4 Å². The minimum atomic E-state index is -0.516. The van der Waals surface area contributed by atoms with Crippen molar-refractivity contribution in [1.29, 1.82) is 0 Å². The van der Waals surface area contributed by atoms with Crippen molar-refractivity contribution in [3.63, 3.8) is 0 Å². The lowest BCUT2D eigenvalue weighted by atomic mass is 10.1. The number of benzene rings is 2. The standard InChI is InChI=1S/C23H22FNO3/c1-27-23(26)21-9-6-18(7-10-21)8-11-22(24)16-19-2-4-20(5-3-19)17-25-12-14-28-15-13-25/h2-7,9-10,16H,12-15,17H2,1H3. The fourth-order valence-electron chi connectivity index (χ4n) is 2.86. The summed E-state index contributed by atoms with van der Waals surface area (Å²) < 4.78 is 24.1. The van der Waals surface area contributed by atoms with Gasteiger partial charge in [-0.3, -0.25) is 4.90 Å². The van der Waals surface area contributed by atoms with E-state index in [1.165, 1.54) is 18.7 Å². The number of morpholine rings is 1. The molecule has 0 spiro atoms. The van der Waals surface area contributed by atoms with Crippen LogP contribution in [-0.2, 0) is 16.0 Å². The quantitative estimate of drug-likeness (QED) is 0.600. The third-order valence-electron chi connectivity index (χ3n) is 4.42.